The lowest BCUT2D eigenvalue weighted by Crippen LogP contribution is -2.41. The summed E-state index contributed by atoms with van der Waals surface area (Å²) in [5.74, 6) is 1.07. The van der Waals surface area contributed by atoms with Gasteiger partial charge in [-0.25, -0.2) is 15.0 Å². The highest BCUT2D eigenvalue weighted by atomic mass is 16.2. The zero-order valence-corrected chi connectivity index (χ0v) is 13.8. The molecular weight excluding hydrogens is 320 g/mol. The third-order valence-corrected chi connectivity index (χ3v) is 4.36. The molecule has 1 fully saturated rings. The number of piperidine rings is 1. The van der Waals surface area contributed by atoms with Crippen LogP contribution in [0.15, 0.2) is 24.8 Å². The van der Waals surface area contributed by atoms with Crippen molar-refractivity contribution < 1.29 is 4.79 Å². The number of aromatic nitrogens is 6. The molecule has 0 bridgehead atoms. The molecule has 1 aliphatic heterocycles. The van der Waals surface area contributed by atoms with Gasteiger partial charge in [0.2, 0.25) is 5.91 Å². The van der Waals surface area contributed by atoms with Crippen LogP contribution in [-0.4, -0.2) is 49.1 Å². The minimum atomic E-state index is -0.134. The van der Waals surface area contributed by atoms with Gasteiger partial charge in [0.25, 0.3) is 0 Å². The van der Waals surface area contributed by atoms with Crippen LogP contribution in [0.25, 0.3) is 11.2 Å². The molecule has 1 aliphatic rings. The number of nitrogens with one attached hydrogen (secondary N) is 2. The number of anilines is 2. The summed E-state index contributed by atoms with van der Waals surface area (Å²) in [7, 11) is 0. The first-order valence-corrected chi connectivity index (χ1v) is 8.21. The van der Waals surface area contributed by atoms with Crippen LogP contribution < -0.4 is 10.2 Å². The SMILES string of the molecule is Cc1ccc(N2CCCC(C(=O)Nc3ncnc4nc[nH]c34)C2)nn1. The van der Waals surface area contributed by atoms with Crippen LogP contribution in [0.3, 0.4) is 0 Å². The third-order valence-electron chi connectivity index (χ3n) is 4.36. The highest BCUT2D eigenvalue weighted by Gasteiger charge is 2.27. The van der Waals surface area contributed by atoms with Crippen LogP contribution in [-0.2, 0) is 4.79 Å². The average molecular weight is 338 g/mol. The Hall–Kier alpha value is -3.10. The summed E-state index contributed by atoms with van der Waals surface area (Å²) >= 11 is 0. The molecule has 0 radical (unpaired) electrons. The van der Waals surface area contributed by atoms with E-state index in [9.17, 15) is 4.79 Å². The molecule has 0 spiro atoms. The van der Waals surface area contributed by atoms with Crippen LogP contribution >= 0.6 is 0 Å². The second-order valence-electron chi connectivity index (χ2n) is 6.13. The van der Waals surface area contributed by atoms with Crippen molar-refractivity contribution in [3.8, 4) is 0 Å². The largest absolute Gasteiger partial charge is 0.354 e. The Morgan fingerprint density at radius 2 is 2.20 bits per heavy atom. The number of rotatable bonds is 3. The van der Waals surface area contributed by atoms with Gasteiger partial charge >= 0.3 is 0 Å². The molecule has 1 amide bonds. The Bertz CT molecular complexity index is 891. The third kappa shape index (κ3) is 3.12. The van der Waals surface area contributed by atoms with Crippen LogP contribution in [0.2, 0.25) is 0 Å². The molecule has 9 nitrogen and oxygen atoms in total. The average Bonchev–Trinajstić information content (AvgIpc) is 3.12. The van der Waals surface area contributed by atoms with E-state index in [1.54, 1.807) is 0 Å². The maximum atomic E-state index is 12.7. The molecule has 2 N–H and O–H groups in total. The van der Waals surface area contributed by atoms with Gasteiger partial charge in [-0.15, -0.1) is 5.10 Å². The highest BCUT2D eigenvalue weighted by Crippen LogP contribution is 2.23. The van der Waals surface area contributed by atoms with Crippen LogP contribution in [0.5, 0.6) is 0 Å². The topological polar surface area (TPSA) is 113 Å². The number of hydrogen-bond donors (Lipinski definition) is 2. The van der Waals surface area contributed by atoms with Crippen molar-refractivity contribution in [1.82, 2.24) is 30.1 Å². The Labute approximate surface area is 143 Å². The quantitative estimate of drug-likeness (QED) is 0.740. The normalized spacial score (nSPS) is 17.6. The smallest absolute Gasteiger partial charge is 0.230 e. The van der Waals surface area contributed by atoms with E-state index in [4.69, 9.17) is 0 Å². The lowest BCUT2D eigenvalue weighted by Gasteiger charge is -2.32. The number of carbonyl (C=O) groups excluding carboxylic acids is 1. The fourth-order valence-corrected chi connectivity index (χ4v) is 3.04. The van der Waals surface area contributed by atoms with Crippen LogP contribution in [0.1, 0.15) is 18.5 Å². The summed E-state index contributed by atoms with van der Waals surface area (Å²) in [4.78, 5) is 30.0. The number of fused-ring (bicyclic) bond motifs is 1. The van der Waals surface area contributed by atoms with Crippen molar-refractivity contribution >= 4 is 28.7 Å². The molecule has 1 atom stereocenters. The van der Waals surface area contributed by atoms with Crippen molar-refractivity contribution in [2.24, 2.45) is 5.92 Å². The van der Waals surface area contributed by atoms with Crippen LogP contribution in [0, 0.1) is 12.8 Å². The molecule has 25 heavy (non-hydrogen) atoms. The van der Waals surface area contributed by atoms with E-state index in [0.717, 1.165) is 30.9 Å². The van der Waals surface area contributed by atoms with Gasteiger partial charge in [-0.2, -0.15) is 5.10 Å². The summed E-state index contributed by atoms with van der Waals surface area (Å²) in [6.07, 6.45) is 4.69. The molecule has 0 aliphatic carbocycles. The van der Waals surface area contributed by atoms with Gasteiger partial charge in [0, 0.05) is 13.1 Å². The molecule has 1 saturated heterocycles. The van der Waals surface area contributed by atoms with E-state index in [1.165, 1.54) is 12.7 Å². The van der Waals surface area contributed by atoms with Gasteiger partial charge in [-0.1, -0.05) is 0 Å². The first-order valence-electron chi connectivity index (χ1n) is 8.21. The van der Waals surface area contributed by atoms with Crippen molar-refractivity contribution in [3.63, 3.8) is 0 Å². The summed E-state index contributed by atoms with van der Waals surface area (Å²) in [6, 6.07) is 3.88. The Morgan fingerprint density at radius 3 is 3.04 bits per heavy atom. The number of nitrogens with zero attached hydrogens (tertiary/aromatic N) is 6. The molecule has 0 aromatic carbocycles. The van der Waals surface area contributed by atoms with Gasteiger partial charge in [0.05, 0.1) is 17.9 Å². The zero-order chi connectivity index (χ0) is 17.2. The van der Waals surface area contributed by atoms with Gasteiger partial charge in [-0.05, 0) is 31.9 Å². The maximum absolute atomic E-state index is 12.7. The number of aryl methyl sites for hydroxylation is 1. The Kier molecular flexibility index (Phi) is 3.96. The molecule has 128 valence electrons. The van der Waals surface area contributed by atoms with E-state index in [-0.39, 0.29) is 11.8 Å². The minimum Gasteiger partial charge on any atom is -0.354 e. The van der Waals surface area contributed by atoms with E-state index in [1.807, 2.05) is 19.1 Å². The Balaban J connectivity index is 1.48. The molecule has 0 saturated carbocycles. The van der Waals surface area contributed by atoms with Gasteiger partial charge < -0.3 is 15.2 Å². The van der Waals surface area contributed by atoms with E-state index >= 15 is 0 Å². The number of H-pyrrole nitrogens is 1. The van der Waals surface area contributed by atoms with Crippen molar-refractivity contribution in [1.29, 1.82) is 0 Å². The second kappa shape index (κ2) is 6.42. The number of carbonyl (C=O) groups is 1. The maximum Gasteiger partial charge on any atom is 0.230 e. The van der Waals surface area contributed by atoms with Crippen molar-refractivity contribution in [2.75, 3.05) is 23.3 Å². The lowest BCUT2D eigenvalue weighted by atomic mass is 9.97. The number of hydrogen-bond acceptors (Lipinski definition) is 7. The van der Waals surface area contributed by atoms with Gasteiger partial charge in [-0.3, -0.25) is 4.79 Å². The fourth-order valence-electron chi connectivity index (χ4n) is 3.04. The second-order valence-corrected chi connectivity index (χ2v) is 6.13. The van der Waals surface area contributed by atoms with Crippen molar-refractivity contribution in [3.05, 3.63) is 30.5 Å². The Morgan fingerprint density at radius 1 is 1.28 bits per heavy atom. The first-order chi connectivity index (χ1) is 12.2. The molecule has 3 aromatic rings. The fraction of sp³-hybridized carbons (Fsp3) is 0.375. The molecule has 9 heteroatoms. The highest BCUT2D eigenvalue weighted by molar-refractivity contribution is 5.98. The summed E-state index contributed by atoms with van der Waals surface area (Å²) in [5.41, 5.74) is 2.04. The number of aromatic amines is 1. The molecular formula is C16H18N8O. The van der Waals surface area contributed by atoms with E-state index in [2.05, 4.69) is 40.3 Å². The number of imidazole rings is 1. The lowest BCUT2D eigenvalue weighted by molar-refractivity contribution is -0.120. The van der Waals surface area contributed by atoms with Crippen molar-refractivity contribution in [2.45, 2.75) is 19.8 Å². The predicted molar refractivity (Wildman–Crippen MR) is 92.0 cm³/mol. The molecule has 4 heterocycles. The monoisotopic (exact) mass is 338 g/mol. The van der Waals surface area contributed by atoms with E-state index < -0.39 is 0 Å². The number of amides is 1. The van der Waals surface area contributed by atoms with Gasteiger partial charge in [0.1, 0.15) is 11.8 Å². The molecule has 1 unspecified atom stereocenters. The first kappa shape index (κ1) is 15.4. The predicted octanol–water partition coefficient (Wildman–Crippen LogP) is 1.31. The standard InChI is InChI=1S/C16H18N8O/c1-10-4-5-12(23-22-10)24-6-2-3-11(7-24)16(25)21-15-13-14(18-8-17-13)19-9-20-15/h4-5,8-9,11H,2-3,6-7H2,1H3,(H2,17,18,19,20,21,25). The van der Waals surface area contributed by atoms with Crippen LogP contribution in [0.4, 0.5) is 11.6 Å². The summed E-state index contributed by atoms with van der Waals surface area (Å²) in [5, 5.41) is 11.2. The molecule has 3 aromatic heterocycles. The summed E-state index contributed by atoms with van der Waals surface area (Å²) in [6.45, 7) is 3.39. The van der Waals surface area contributed by atoms with E-state index in [0.29, 0.717) is 23.5 Å². The molecule has 4 rings (SSSR count). The summed E-state index contributed by atoms with van der Waals surface area (Å²) < 4.78 is 0. The zero-order valence-electron chi connectivity index (χ0n) is 13.8. The van der Waals surface area contributed by atoms with Gasteiger partial charge in [0.15, 0.2) is 17.3 Å². The minimum absolute atomic E-state index is 0.0561.